The minimum atomic E-state index is -4.52. The van der Waals surface area contributed by atoms with Crippen LogP contribution in [-0.4, -0.2) is 66.3 Å². The number of aliphatic hydroxyl groups is 2. The number of hydrogen-bond acceptors (Lipinski definition) is 8. The molecule has 0 saturated carbocycles. The fourth-order valence-corrected chi connectivity index (χ4v) is 8.32. The van der Waals surface area contributed by atoms with Crippen LogP contribution in [0.4, 0.5) is 0 Å². The largest absolute Gasteiger partial charge is 0.472 e. The van der Waals surface area contributed by atoms with Gasteiger partial charge in [-0.1, -0.05) is 225 Å². The molecule has 0 radical (unpaired) electrons. The highest BCUT2D eigenvalue weighted by Crippen LogP contribution is 2.43. The van der Waals surface area contributed by atoms with Gasteiger partial charge in [0.2, 0.25) is 0 Å². The Morgan fingerprint density at radius 2 is 0.850 bits per heavy atom. The van der Waals surface area contributed by atoms with Gasteiger partial charge in [-0.3, -0.25) is 13.8 Å². The Kier molecular flexibility index (Phi) is 47.0. The minimum absolute atomic E-state index is 0.0551. The predicted octanol–water partition coefficient (Wildman–Crippen LogP) is 14.8. The summed E-state index contributed by atoms with van der Waals surface area (Å²) in [6, 6.07) is 0. The molecule has 0 heterocycles. The Morgan fingerprint density at radius 1 is 0.500 bits per heavy atom. The van der Waals surface area contributed by atoms with E-state index in [0.29, 0.717) is 6.61 Å². The van der Waals surface area contributed by atoms with Gasteiger partial charge in [0.1, 0.15) is 12.2 Å². The van der Waals surface area contributed by atoms with Gasteiger partial charge in [0.15, 0.2) is 0 Å². The quantitative estimate of drug-likeness (QED) is 0.0236. The summed E-state index contributed by atoms with van der Waals surface area (Å²) in [6.45, 7) is 3.59. The van der Waals surface area contributed by atoms with E-state index in [1.807, 2.05) is 0 Å². The Balaban J connectivity index is 4.04. The molecule has 0 fully saturated rings. The van der Waals surface area contributed by atoms with Gasteiger partial charge < -0.3 is 24.6 Å². The molecule has 0 aromatic heterocycles. The third-order valence-corrected chi connectivity index (χ3v) is 12.4. The second kappa shape index (κ2) is 47.7. The predicted molar refractivity (Wildman–Crippen MR) is 251 cm³/mol. The lowest BCUT2D eigenvalue weighted by molar-refractivity contribution is -0.154. The van der Waals surface area contributed by atoms with Gasteiger partial charge in [0, 0.05) is 13.0 Å². The van der Waals surface area contributed by atoms with Crippen LogP contribution in [0.1, 0.15) is 258 Å². The lowest BCUT2D eigenvalue weighted by atomic mass is 10.0. The number of phosphoric ester groups is 1. The number of ether oxygens (including phenoxy) is 2. The number of esters is 1. The molecule has 0 bridgehead atoms. The topological polar surface area (TPSA) is 132 Å². The third-order valence-electron chi connectivity index (χ3n) is 11.5. The second-order valence-electron chi connectivity index (χ2n) is 17.5. The van der Waals surface area contributed by atoms with Gasteiger partial charge in [-0.25, -0.2) is 4.57 Å². The Labute approximate surface area is 370 Å². The van der Waals surface area contributed by atoms with Crippen LogP contribution < -0.4 is 0 Å². The maximum atomic E-state index is 12.7. The van der Waals surface area contributed by atoms with E-state index >= 15 is 0 Å². The maximum absolute atomic E-state index is 12.7. The fourth-order valence-electron chi connectivity index (χ4n) is 7.53. The van der Waals surface area contributed by atoms with Gasteiger partial charge >= 0.3 is 13.8 Å². The highest BCUT2D eigenvalue weighted by Gasteiger charge is 2.26. The van der Waals surface area contributed by atoms with Crippen LogP contribution in [-0.2, 0) is 27.9 Å². The highest BCUT2D eigenvalue weighted by atomic mass is 31.2. The summed E-state index contributed by atoms with van der Waals surface area (Å²) < 4.78 is 33.5. The van der Waals surface area contributed by atoms with Gasteiger partial charge in [-0.05, 0) is 38.5 Å². The molecule has 0 saturated heterocycles. The number of unbranched alkanes of at least 4 members (excludes halogenated alkanes) is 34. The SMILES string of the molecule is CCCCCCCCCC/C=C\CCCCCCCCCCCC(=O)OC(COCCCCCCCCCCCCCCCCCCCC)COP(=O)(O)OCC(O)CO. The number of aliphatic hydroxyl groups excluding tert-OH is 2. The summed E-state index contributed by atoms with van der Waals surface area (Å²) in [5.41, 5.74) is 0. The van der Waals surface area contributed by atoms with E-state index in [2.05, 4.69) is 26.0 Å². The van der Waals surface area contributed by atoms with Crippen LogP contribution in [0.5, 0.6) is 0 Å². The molecule has 3 atom stereocenters. The number of hydrogen-bond donors (Lipinski definition) is 3. The van der Waals surface area contributed by atoms with Crippen LogP contribution in [0.3, 0.4) is 0 Å². The summed E-state index contributed by atoms with van der Waals surface area (Å²) >= 11 is 0. The number of carbonyl (C=O) groups excluding carboxylic acids is 1. The normalized spacial score (nSPS) is 13.9. The minimum Gasteiger partial charge on any atom is -0.457 e. The van der Waals surface area contributed by atoms with Crippen LogP contribution in [0.15, 0.2) is 12.2 Å². The van der Waals surface area contributed by atoms with E-state index in [9.17, 15) is 19.4 Å². The molecular weight excluding hydrogens is 776 g/mol. The Morgan fingerprint density at radius 3 is 1.25 bits per heavy atom. The van der Waals surface area contributed by atoms with Crippen molar-refractivity contribution in [3.05, 3.63) is 12.2 Å². The molecule has 0 amide bonds. The van der Waals surface area contributed by atoms with Crippen LogP contribution >= 0.6 is 7.82 Å². The third kappa shape index (κ3) is 46.7. The van der Waals surface area contributed by atoms with Crippen LogP contribution in [0.2, 0.25) is 0 Å². The average Bonchev–Trinajstić information content (AvgIpc) is 3.24. The van der Waals surface area contributed by atoms with Crippen molar-refractivity contribution in [3.8, 4) is 0 Å². The number of carbonyl (C=O) groups is 1. The molecule has 0 aromatic carbocycles. The van der Waals surface area contributed by atoms with Crippen molar-refractivity contribution >= 4 is 13.8 Å². The average molecular weight is 875 g/mol. The summed E-state index contributed by atoms with van der Waals surface area (Å²) in [5.74, 6) is -0.378. The second-order valence-corrected chi connectivity index (χ2v) is 19.0. The first kappa shape index (κ1) is 59.2. The van der Waals surface area contributed by atoms with Crippen LogP contribution in [0, 0.1) is 0 Å². The van der Waals surface area contributed by atoms with Crippen molar-refractivity contribution in [2.75, 3.05) is 33.0 Å². The number of rotatable bonds is 50. The smallest absolute Gasteiger partial charge is 0.457 e. The summed E-state index contributed by atoms with van der Waals surface area (Å²) in [7, 11) is -4.52. The van der Waals surface area contributed by atoms with Gasteiger partial charge in [0.05, 0.1) is 26.4 Å². The maximum Gasteiger partial charge on any atom is 0.472 e. The molecule has 0 spiro atoms. The molecule has 9 nitrogen and oxygen atoms in total. The molecular formula is C50H99O9P. The van der Waals surface area contributed by atoms with Gasteiger partial charge in [0.25, 0.3) is 0 Å². The standard InChI is InChI=1S/C50H99O9P/c1-3-5-7-9-11-13-15-17-19-21-23-24-25-26-28-30-32-34-36-38-40-42-50(53)59-49(47-58-60(54,55)57-45-48(52)44-51)46-56-43-41-39-37-35-33-31-29-27-22-20-18-16-14-12-10-8-6-4-2/h21,23,48-49,51-52H,3-20,22,24-47H2,1-2H3,(H,54,55)/b23-21-. The molecule has 0 aliphatic heterocycles. The van der Waals surface area contributed by atoms with Gasteiger partial charge in [-0.15, -0.1) is 0 Å². The van der Waals surface area contributed by atoms with E-state index in [0.717, 1.165) is 32.1 Å². The summed E-state index contributed by atoms with van der Waals surface area (Å²) in [5, 5.41) is 18.4. The molecule has 10 heteroatoms. The Bertz CT molecular complexity index is 949. The number of phosphoric acid groups is 1. The molecule has 3 unspecified atom stereocenters. The Hall–Kier alpha value is -0.800. The lowest BCUT2D eigenvalue weighted by Gasteiger charge is -2.20. The zero-order valence-corrected chi connectivity index (χ0v) is 40.3. The molecule has 358 valence electrons. The first-order valence-electron chi connectivity index (χ1n) is 25.7. The highest BCUT2D eigenvalue weighted by molar-refractivity contribution is 7.47. The van der Waals surface area contributed by atoms with E-state index < -0.39 is 33.2 Å². The van der Waals surface area contributed by atoms with Crippen molar-refractivity contribution in [1.29, 1.82) is 0 Å². The van der Waals surface area contributed by atoms with Crippen molar-refractivity contribution in [1.82, 2.24) is 0 Å². The van der Waals surface area contributed by atoms with E-state index in [1.165, 1.54) is 205 Å². The van der Waals surface area contributed by atoms with Gasteiger partial charge in [-0.2, -0.15) is 0 Å². The zero-order chi connectivity index (χ0) is 43.9. The fraction of sp³-hybridized carbons (Fsp3) is 0.940. The van der Waals surface area contributed by atoms with Crippen molar-refractivity contribution in [2.45, 2.75) is 270 Å². The summed E-state index contributed by atoms with van der Waals surface area (Å²) in [6.07, 6.45) is 50.3. The molecule has 0 aliphatic carbocycles. The number of allylic oxidation sites excluding steroid dienone is 2. The van der Waals surface area contributed by atoms with E-state index in [-0.39, 0.29) is 25.6 Å². The van der Waals surface area contributed by atoms with Crippen molar-refractivity contribution in [3.63, 3.8) is 0 Å². The van der Waals surface area contributed by atoms with Crippen LogP contribution in [0.25, 0.3) is 0 Å². The van der Waals surface area contributed by atoms with Crippen molar-refractivity contribution in [2.24, 2.45) is 0 Å². The zero-order valence-electron chi connectivity index (χ0n) is 39.5. The molecule has 60 heavy (non-hydrogen) atoms. The molecule has 0 aromatic rings. The van der Waals surface area contributed by atoms with E-state index in [1.54, 1.807) is 0 Å². The van der Waals surface area contributed by atoms with E-state index in [4.69, 9.17) is 23.6 Å². The molecule has 3 N–H and O–H groups in total. The summed E-state index contributed by atoms with van der Waals surface area (Å²) in [4.78, 5) is 22.7. The lowest BCUT2D eigenvalue weighted by Crippen LogP contribution is -2.29. The molecule has 0 aliphatic rings. The molecule has 0 rings (SSSR count). The first-order valence-corrected chi connectivity index (χ1v) is 27.2. The first-order chi connectivity index (χ1) is 29.3. The monoisotopic (exact) mass is 875 g/mol. The van der Waals surface area contributed by atoms with Crippen molar-refractivity contribution < 1.29 is 43.0 Å².